The summed E-state index contributed by atoms with van der Waals surface area (Å²) in [6.07, 6.45) is 1.33. The zero-order valence-electron chi connectivity index (χ0n) is 10.7. The number of aromatic amines is 1. The van der Waals surface area contributed by atoms with Crippen LogP contribution in [0, 0.1) is 5.82 Å². The Hall–Kier alpha value is -2.06. The highest BCUT2D eigenvalue weighted by Gasteiger charge is 2.18. The Labute approximate surface area is 115 Å². The average molecular weight is 299 g/mol. The third-order valence-electron chi connectivity index (χ3n) is 2.65. The van der Waals surface area contributed by atoms with Crippen LogP contribution in [0.15, 0.2) is 35.4 Å². The summed E-state index contributed by atoms with van der Waals surface area (Å²) in [6, 6.07) is 4.96. The van der Waals surface area contributed by atoms with Crippen LogP contribution in [0.5, 0.6) is 5.75 Å². The number of H-pyrrole nitrogens is 1. The van der Waals surface area contributed by atoms with Gasteiger partial charge < -0.3 is 15.5 Å². The van der Waals surface area contributed by atoms with Crippen molar-refractivity contribution in [2.24, 2.45) is 5.73 Å². The number of sulfonamides is 1. The molecule has 0 bridgehead atoms. The molecule has 0 spiro atoms. The van der Waals surface area contributed by atoms with E-state index in [1.807, 2.05) is 0 Å². The predicted octanol–water partition coefficient (Wildman–Crippen LogP) is 1.42. The Bertz CT molecular complexity index is 712. The highest BCUT2D eigenvalue weighted by molar-refractivity contribution is 7.92. The maximum Gasteiger partial charge on any atom is 0.263 e. The molecule has 0 radical (unpaired) electrons. The summed E-state index contributed by atoms with van der Waals surface area (Å²) in [7, 11) is -2.46. The molecule has 20 heavy (non-hydrogen) atoms. The molecule has 0 aliphatic rings. The van der Waals surface area contributed by atoms with E-state index in [-0.39, 0.29) is 22.9 Å². The second-order valence-corrected chi connectivity index (χ2v) is 5.70. The van der Waals surface area contributed by atoms with Gasteiger partial charge in [-0.2, -0.15) is 0 Å². The van der Waals surface area contributed by atoms with Crippen molar-refractivity contribution in [3.05, 3.63) is 42.0 Å². The van der Waals surface area contributed by atoms with E-state index in [4.69, 9.17) is 10.5 Å². The van der Waals surface area contributed by atoms with Crippen molar-refractivity contribution in [1.29, 1.82) is 0 Å². The normalized spacial score (nSPS) is 11.3. The van der Waals surface area contributed by atoms with Crippen molar-refractivity contribution in [3.8, 4) is 5.75 Å². The Morgan fingerprint density at radius 2 is 2.15 bits per heavy atom. The van der Waals surface area contributed by atoms with Crippen molar-refractivity contribution in [1.82, 2.24) is 4.98 Å². The summed E-state index contributed by atoms with van der Waals surface area (Å²) in [5, 5.41) is 0. The molecule has 0 aliphatic heterocycles. The van der Waals surface area contributed by atoms with Crippen molar-refractivity contribution >= 4 is 15.7 Å². The van der Waals surface area contributed by atoms with Crippen LogP contribution in [0.3, 0.4) is 0 Å². The lowest BCUT2D eigenvalue weighted by Gasteiger charge is -2.10. The summed E-state index contributed by atoms with van der Waals surface area (Å²) in [6.45, 7) is 0.204. The number of methoxy groups -OCH3 is 1. The van der Waals surface area contributed by atoms with Gasteiger partial charge in [0, 0.05) is 24.5 Å². The fourth-order valence-corrected chi connectivity index (χ4v) is 2.73. The van der Waals surface area contributed by atoms with Crippen LogP contribution >= 0.6 is 0 Å². The lowest BCUT2D eigenvalue weighted by atomic mass is 10.3. The van der Waals surface area contributed by atoms with Crippen LogP contribution in [0.1, 0.15) is 5.69 Å². The van der Waals surface area contributed by atoms with Crippen LogP contribution in [-0.4, -0.2) is 20.5 Å². The zero-order chi connectivity index (χ0) is 14.8. The molecule has 1 aromatic carbocycles. The van der Waals surface area contributed by atoms with Crippen LogP contribution in [0.25, 0.3) is 0 Å². The van der Waals surface area contributed by atoms with E-state index in [0.29, 0.717) is 5.69 Å². The molecule has 6 nitrogen and oxygen atoms in total. The zero-order valence-corrected chi connectivity index (χ0v) is 11.5. The van der Waals surface area contributed by atoms with Gasteiger partial charge in [0.1, 0.15) is 16.5 Å². The van der Waals surface area contributed by atoms with Gasteiger partial charge in [-0.05, 0) is 18.2 Å². The van der Waals surface area contributed by atoms with E-state index < -0.39 is 15.8 Å². The molecule has 4 N–H and O–H groups in total. The van der Waals surface area contributed by atoms with Crippen LogP contribution in [0.2, 0.25) is 0 Å². The summed E-state index contributed by atoms with van der Waals surface area (Å²) in [4.78, 5) is 2.80. The molecule has 8 heteroatoms. The largest absolute Gasteiger partial charge is 0.494 e. The van der Waals surface area contributed by atoms with E-state index >= 15 is 0 Å². The molecule has 0 saturated heterocycles. The number of halogens is 1. The first-order valence-corrected chi connectivity index (χ1v) is 7.18. The third-order valence-corrected chi connectivity index (χ3v) is 4.00. The molecule has 0 saturated carbocycles. The number of anilines is 1. The van der Waals surface area contributed by atoms with Crippen molar-refractivity contribution in [2.75, 3.05) is 11.8 Å². The van der Waals surface area contributed by atoms with E-state index in [0.717, 1.165) is 12.1 Å². The standard InChI is InChI=1S/C12H14FN3O3S/c1-19-12-4-8(13)2-3-11(12)16-20(17,18)10-5-9(6-14)15-7-10/h2-5,7,15-16H,6,14H2,1H3. The SMILES string of the molecule is COc1cc(F)ccc1NS(=O)(=O)c1c[nH]c(CN)c1. The summed E-state index contributed by atoms with van der Waals surface area (Å²) >= 11 is 0. The Balaban J connectivity index is 2.33. The number of nitrogens with one attached hydrogen (secondary N) is 2. The predicted molar refractivity (Wildman–Crippen MR) is 72.4 cm³/mol. The quantitative estimate of drug-likeness (QED) is 0.778. The molecule has 0 amide bonds. The molecule has 1 aromatic heterocycles. The molecule has 2 aromatic rings. The van der Waals surface area contributed by atoms with Gasteiger partial charge in [-0.3, -0.25) is 4.72 Å². The molecule has 0 unspecified atom stereocenters. The molecular weight excluding hydrogens is 285 g/mol. The van der Waals surface area contributed by atoms with Gasteiger partial charge in [0.05, 0.1) is 12.8 Å². The van der Waals surface area contributed by atoms with Crippen molar-refractivity contribution in [3.63, 3.8) is 0 Å². The number of benzene rings is 1. The lowest BCUT2D eigenvalue weighted by Crippen LogP contribution is -2.13. The van der Waals surface area contributed by atoms with Crippen molar-refractivity contribution < 1.29 is 17.5 Å². The first-order chi connectivity index (χ1) is 9.46. The average Bonchev–Trinajstić information content (AvgIpc) is 2.90. The fourth-order valence-electron chi connectivity index (χ4n) is 1.64. The molecule has 108 valence electrons. The smallest absolute Gasteiger partial charge is 0.263 e. The van der Waals surface area contributed by atoms with Gasteiger partial charge in [-0.1, -0.05) is 0 Å². The summed E-state index contributed by atoms with van der Waals surface area (Å²) in [5.41, 5.74) is 6.16. The van der Waals surface area contributed by atoms with Crippen LogP contribution in [-0.2, 0) is 16.6 Å². The number of rotatable bonds is 5. The topological polar surface area (TPSA) is 97.2 Å². The number of ether oxygens (including phenoxy) is 1. The summed E-state index contributed by atoms with van der Waals surface area (Å²) in [5.74, 6) is -0.417. The van der Waals surface area contributed by atoms with Gasteiger partial charge in [0.15, 0.2) is 0 Å². The highest BCUT2D eigenvalue weighted by atomic mass is 32.2. The van der Waals surface area contributed by atoms with Crippen LogP contribution in [0.4, 0.5) is 10.1 Å². The van der Waals surface area contributed by atoms with E-state index in [9.17, 15) is 12.8 Å². The maximum atomic E-state index is 13.1. The lowest BCUT2D eigenvalue weighted by molar-refractivity contribution is 0.413. The first-order valence-electron chi connectivity index (χ1n) is 5.70. The monoisotopic (exact) mass is 299 g/mol. The van der Waals surface area contributed by atoms with Gasteiger partial charge in [0.2, 0.25) is 0 Å². The van der Waals surface area contributed by atoms with Gasteiger partial charge >= 0.3 is 0 Å². The molecule has 0 fully saturated rings. The summed E-state index contributed by atoms with van der Waals surface area (Å²) < 4.78 is 44.7. The maximum absolute atomic E-state index is 13.1. The highest BCUT2D eigenvalue weighted by Crippen LogP contribution is 2.27. The molecular formula is C12H14FN3O3S. The minimum atomic E-state index is -3.79. The van der Waals surface area contributed by atoms with Crippen LogP contribution < -0.4 is 15.2 Å². The van der Waals surface area contributed by atoms with Gasteiger partial charge in [0.25, 0.3) is 10.0 Å². The van der Waals surface area contributed by atoms with Crippen molar-refractivity contribution in [2.45, 2.75) is 11.4 Å². The molecule has 1 heterocycles. The second kappa shape index (κ2) is 5.51. The fraction of sp³-hybridized carbons (Fsp3) is 0.167. The Morgan fingerprint density at radius 3 is 2.75 bits per heavy atom. The molecule has 2 rings (SSSR count). The number of hydrogen-bond donors (Lipinski definition) is 3. The van der Waals surface area contributed by atoms with E-state index in [2.05, 4.69) is 9.71 Å². The minimum absolute atomic E-state index is 0.0457. The number of aromatic nitrogens is 1. The van der Waals surface area contributed by atoms with E-state index in [1.165, 1.54) is 25.4 Å². The first kappa shape index (κ1) is 14.4. The molecule has 0 aliphatic carbocycles. The number of hydrogen-bond acceptors (Lipinski definition) is 4. The van der Waals surface area contributed by atoms with Gasteiger partial charge in [-0.15, -0.1) is 0 Å². The Kier molecular flexibility index (Phi) is 3.96. The van der Waals surface area contributed by atoms with Gasteiger partial charge in [-0.25, -0.2) is 12.8 Å². The third kappa shape index (κ3) is 2.91. The minimum Gasteiger partial charge on any atom is -0.494 e. The van der Waals surface area contributed by atoms with E-state index in [1.54, 1.807) is 0 Å². The second-order valence-electron chi connectivity index (χ2n) is 4.01. The molecule has 0 atom stereocenters. The Morgan fingerprint density at radius 1 is 1.40 bits per heavy atom. The number of nitrogens with two attached hydrogens (primary N) is 1.